The van der Waals surface area contributed by atoms with Crippen LogP contribution in [0.3, 0.4) is 0 Å². The van der Waals surface area contributed by atoms with Crippen molar-refractivity contribution in [2.24, 2.45) is 11.7 Å². The minimum absolute atomic E-state index is 0.0476. The molecule has 0 spiro atoms. The van der Waals surface area contributed by atoms with Crippen molar-refractivity contribution < 1.29 is 19.1 Å². The minimum Gasteiger partial charge on any atom is -0.379 e. The van der Waals surface area contributed by atoms with Crippen molar-refractivity contribution in [3.8, 4) is 0 Å². The van der Waals surface area contributed by atoms with Gasteiger partial charge in [0.15, 0.2) is 5.78 Å². The summed E-state index contributed by atoms with van der Waals surface area (Å²) in [5.41, 5.74) is 7.94. The number of amides is 2. The first-order chi connectivity index (χ1) is 15.6. The lowest BCUT2D eigenvalue weighted by atomic mass is 10.1. The Morgan fingerprint density at radius 2 is 1.94 bits per heavy atom. The third-order valence-corrected chi connectivity index (χ3v) is 6.23. The molecule has 2 rings (SSSR count). The monoisotopic (exact) mass is 475 g/mol. The zero-order chi connectivity index (χ0) is 24.5. The molecule has 182 valence electrons. The average molecular weight is 476 g/mol. The molecular formula is C25H37N3O4S. The predicted molar refractivity (Wildman–Crippen MR) is 132 cm³/mol. The zero-order valence-electron chi connectivity index (χ0n) is 20.4. The van der Waals surface area contributed by atoms with Gasteiger partial charge in [-0.25, -0.2) is 0 Å². The average Bonchev–Trinajstić information content (AvgIpc) is 3.35. The highest BCUT2D eigenvalue weighted by Crippen LogP contribution is 2.19. The number of ether oxygens (including phenoxy) is 1. The molecule has 0 aliphatic heterocycles. The molecule has 0 saturated carbocycles. The number of carbonyl (C=O) groups is 3. The van der Waals surface area contributed by atoms with E-state index < -0.39 is 5.91 Å². The number of aromatic nitrogens is 1. The van der Waals surface area contributed by atoms with E-state index in [9.17, 15) is 14.4 Å². The molecule has 0 fully saturated rings. The molecule has 0 unspecified atom stereocenters. The van der Waals surface area contributed by atoms with Crippen LogP contribution >= 0.6 is 11.3 Å². The highest BCUT2D eigenvalue weighted by Gasteiger charge is 2.24. The van der Waals surface area contributed by atoms with Crippen molar-refractivity contribution >= 4 is 28.9 Å². The van der Waals surface area contributed by atoms with E-state index in [2.05, 4.69) is 13.8 Å². The molecule has 0 atom stereocenters. The summed E-state index contributed by atoms with van der Waals surface area (Å²) in [4.78, 5) is 39.9. The molecule has 2 aromatic rings. The fourth-order valence-electron chi connectivity index (χ4n) is 3.60. The van der Waals surface area contributed by atoms with Crippen LogP contribution in [-0.4, -0.2) is 52.9 Å². The van der Waals surface area contributed by atoms with Crippen LogP contribution < -0.4 is 5.73 Å². The standard InChI is InChI=1S/C25H37N3O4S/c1-17(2)7-10-28-19(5)21(25(26)31)14-22(28)23(29)15-27(9-6-11-32-18(3)4)24(30)13-20-8-12-33-16-20/h8,12,14,16-18H,6-7,9-11,13,15H2,1-5H3,(H2,26,31). The molecule has 0 aromatic carbocycles. The lowest BCUT2D eigenvalue weighted by molar-refractivity contribution is -0.130. The number of thiophene rings is 1. The van der Waals surface area contributed by atoms with E-state index in [1.54, 1.807) is 29.2 Å². The number of hydrogen-bond acceptors (Lipinski definition) is 5. The molecule has 2 aromatic heterocycles. The third kappa shape index (κ3) is 8.12. The van der Waals surface area contributed by atoms with Gasteiger partial charge in [-0.3, -0.25) is 14.4 Å². The van der Waals surface area contributed by atoms with Crippen LogP contribution in [0.25, 0.3) is 0 Å². The third-order valence-electron chi connectivity index (χ3n) is 5.49. The molecular weight excluding hydrogens is 438 g/mol. The molecule has 33 heavy (non-hydrogen) atoms. The lowest BCUT2D eigenvalue weighted by Gasteiger charge is -2.23. The first-order valence-electron chi connectivity index (χ1n) is 11.5. The van der Waals surface area contributed by atoms with E-state index in [0.29, 0.717) is 49.0 Å². The van der Waals surface area contributed by atoms with E-state index in [1.165, 1.54) is 0 Å². The summed E-state index contributed by atoms with van der Waals surface area (Å²) in [5, 5.41) is 3.88. The summed E-state index contributed by atoms with van der Waals surface area (Å²) < 4.78 is 7.48. The molecule has 7 nitrogen and oxygen atoms in total. The van der Waals surface area contributed by atoms with Crippen LogP contribution in [0.1, 0.15) is 72.6 Å². The smallest absolute Gasteiger partial charge is 0.250 e. The Morgan fingerprint density at radius 1 is 1.21 bits per heavy atom. The fraction of sp³-hybridized carbons (Fsp3) is 0.560. The number of ketones is 1. The van der Waals surface area contributed by atoms with Gasteiger partial charge in [-0.2, -0.15) is 11.3 Å². The summed E-state index contributed by atoms with van der Waals surface area (Å²) in [5.74, 6) is -0.409. The maximum Gasteiger partial charge on any atom is 0.250 e. The highest BCUT2D eigenvalue weighted by molar-refractivity contribution is 7.08. The van der Waals surface area contributed by atoms with Crippen LogP contribution in [0.15, 0.2) is 22.9 Å². The number of nitrogens with zero attached hydrogens (tertiary/aromatic N) is 2. The second-order valence-corrected chi connectivity index (χ2v) is 9.83. The van der Waals surface area contributed by atoms with E-state index in [1.807, 2.05) is 35.2 Å². The SMILES string of the molecule is Cc1c(C(N)=O)cc(C(=O)CN(CCCOC(C)C)C(=O)Cc2ccsc2)n1CCC(C)C. The summed E-state index contributed by atoms with van der Waals surface area (Å²) in [6.07, 6.45) is 1.87. The maximum atomic E-state index is 13.4. The number of nitrogens with two attached hydrogens (primary N) is 1. The predicted octanol–water partition coefficient (Wildman–Crippen LogP) is 4.07. The Balaban J connectivity index is 2.22. The van der Waals surface area contributed by atoms with Crippen LogP contribution in [0.2, 0.25) is 0 Å². The summed E-state index contributed by atoms with van der Waals surface area (Å²) in [6.45, 7) is 11.5. The normalized spacial score (nSPS) is 11.4. The van der Waals surface area contributed by atoms with Gasteiger partial charge in [0.2, 0.25) is 5.91 Å². The van der Waals surface area contributed by atoms with Gasteiger partial charge in [0.25, 0.3) is 5.91 Å². The van der Waals surface area contributed by atoms with E-state index in [-0.39, 0.29) is 30.8 Å². The Morgan fingerprint density at radius 3 is 2.52 bits per heavy atom. The molecule has 2 N–H and O–H groups in total. The van der Waals surface area contributed by atoms with E-state index in [4.69, 9.17) is 10.5 Å². The maximum absolute atomic E-state index is 13.4. The van der Waals surface area contributed by atoms with Crippen LogP contribution in [0.4, 0.5) is 0 Å². The van der Waals surface area contributed by atoms with Crippen molar-refractivity contribution in [1.82, 2.24) is 9.47 Å². The Bertz CT molecular complexity index is 932. The van der Waals surface area contributed by atoms with Gasteiger partial charge in [0, 0.05) is 25.4 Å². The summed E-state index contributed by atoms with van der Waals surface area (Å²) in [6, 6.07) is 3.49. The molecule has 2 heterocycles. The number of carbonyl (C=O) groups excluding carboxylic acids is 3. The van der Waals surface area contributed by atoms with Crippen molar-refractivity contribution in [2.45, 2.75) is 66.5 Å². The summed E-state index contributed by atoms with van der Waals surface area (Å²) in [7, 11) is 0. The molecule has 0 saturated heterocycles. The number of hydrogen-bond donors (Lipinski definition) is 1. The highest BCUT2D eigenvalue weighted by atomic mass is 32.1. The zero-order valence-corrected chi connectivity index (χ0v) is 21.2. The van der Waals surface area contributed by atoms with Crippen LogP contribution in [-0.2, 0) is 22.5 Å². The van der Waals surface area contributed by atoms with Gasteiger partial charge in [0.05, 0.1) is 30.3 Å². The quantitative estimate of drug-likeness (QED) is 0.329. The van der Waals surface area contributed by atoms with Gasteiger partial charge in [0.1, 0.15) is 0 Å². The molecule has 2 amide bonds. The number of rotatable bonds is 14. The van der Waals surface area contributed by atoms with E-state index in [0.717, 1.165) is 12.0 Å². The van der Waals surface area contributed by atoms with Crippen molar-refractivity contribution in [1.29, 1.82) is 0 Å². The Kier molecular flexibility index (Phi) is 10.3. The van der Waals surface area contributed by atoms with Gasteiger partial charge in [-0.15, -0.1) is 0 Å². The van der Waals surface area contributed by atoms with Gasteiger partial charge >= 0.3 is 0 Å². The van der Waals surface area contributed by atoms with E-state index >= 15 is 0 Å². The molecule has 8 heteroatoms. The largest absolute Gasteiger partial charge is 0.379 e. The van der Waals surface area contributed by atoms with Crippen molar-refractivity contribution in [2.75, 3.05) is 19.7 Å². The van der Waals surface area contributed by atoms with Crippen LogP contribution in [0, 0.1) is 12.8 Å². The fourth-order valence-corrected chi connectivity index (χ4v) is 4.27. The van der Waals surface area contributed by atoms with Crippen molar-refractivity contribution in [3.63, 3.8) is 0 Å². The summed E-state index contributed by atoms with van der Waals surface area (Å²) >= 11 is 1.54. The molecule has 0 radical (unpaired) electrons. The lowest BCUT2D eigenvalue weighted by Crippen LogP contribution is -2.38. The van der Waals surface area contributed by atoms with Crippen molar-refractivity contribution in [3.05, 3.63) is 45.4 Å². The number of primary amides is 1. The van der Waals surface area contributed by atoms with Gasteiger partial charge in [-0.05, 0) is 68.0 Å². The Labute approximate surface area is 200 Å². The second-order valence-electron chi connectivity index (χ2n) is 9.05. The minimum atomic E-state index is -0.555. The van der Waals surface area contributed by atoms with Crippen LogP contribution in [0.5, 0.6) is 0 Å². The Hall–Kier alpha value is -2.45. The van der Waals surface area contributed by atoms with Gasteiger partial charge < -0.3 is 19.9 Å². The first kappa shape index (κ1) is 26.8. The molecule has 0 aliphatic rings. The van der Waals surface area contributed by atoms with Gasteiger partial charge in [-0.1, -0.05) is 13.8 Å². The number of Topliss-reactive ketones (excluding diaryl/α,β-unsaturated/α-hetero) is 1. The molecule has 0 bridgehead atoms. The first-order valence-corrected chi connectivity index (χ1v) is 12.5. The topological polar surface area (TPSA) is 94.6 Å². The second kappa shape index (κ2) is 12.7. The molecule has 0 aliphatic carbocycles.